The molecule has 1 N–H and O–H groups in total. The molecule has 3 aromatic rings. The molecule has 0 atom stereocenters. The lowest BCUT2D eigenvalue weighted by Gasteiger charge is -2.37. The fraction of sp³-hybridized carbons (Fsp3) is 0.261. The highest BCUT2D eigenvalue weighted by Gasteiger charge is 2.37. The summed E-state index contributed by atoms with van der Waals surface area (Å²) in [5.74, 6) is -0.161. The number of rotatable bonds is 4. The molecule has 1 saturated heterocycles. The maximum atomic E-state index is 12.8. The van der Waals surface area contributed by atoms with Gasteiger partial charge in [-0.3, -0.25) is 4.79 Å². The lowest BCUT2D eigenvalue weighted by atomic mass is 9.84. The molecule has 1 heterocycles. The Morgan fingerprint density at radius 2 is 1.58 bits per heavy atom. The van der Waals surface area contributed by atoms with Gasteiger partial charge in [0.15, 0.2) is 0 Å². The number of ether oxygens (including phenoxy) is 1. The van der Waals surface area contributed by atoms with E-state index in [-0.39, 0.29) is 5.97 Å². The van der Waals surface area contributed by atoms with Crippen molar-refractivity contribution in [3.8, 4) is 0 Å². The SMILES string of the molecule is O=C(Cc1ccc2ccccc2c1)OC1(c2ccccc2)CCNCC1. The van der Waals surface area contributed by atoms with Crippen LogP contribution >= 0.6 is 0 Å². The van der Waals surface area contributed by atoms with E-state index in [9.17, 15) is 4.79 Å². The number of fused-ring (bicyclic) bond motifs is 1. The second-order valence-corrected chi connectivity index (χ2v) is 6.94. The molecule has 26 heavy (non-hydrogen) atoms. The summed E-state index contributed by atoms with van der Waals surface area (Å²) in [6, 6.07) is 24.5. The molecule has 0 aliphatic carbocycles. The van der Waals surface area contributed by atoms with Gasteiger partial charge in [0.05, 0.1) is 6.42 Å². The van der Waals surface area contributed by atoms with Gasteiger partial charge in [0.25, 0.3) is 0 Å². The Balaban J connectivity index is 1.54. The minimum Gasteiger partial charge on any atom is -0.454 e. The molecular formula is C23H23NO2. The summed E-state index contributed by atoms with van der Waals surface area (Å²) < 4.78 is 6.10. The molecule has 0 spiro atoms. The first-order valence-corrected chi connectivity index (χ1v) is 9.21. The zero-order valence-corrected chi connectivity index (χ0v) is 14.8. The van der Waals surface area contributed by atoms with Crippen LogP contribution in [0, 0.1) is 0 Å². The van der Waals surface area contributed by atoms with Crippen molar-refractivity contribution < 1.29 is 9.53 Å². The van der Waals surface area contributed by atoms with E-state index in [4.69, 9.17) is 4.74 Å². The smallest absolute Gasteiger partial charge is 0.311 e. The minimum atomic E-state index is -0.513. The van der Waals surface area contributed by atoms with E-state index in [1.54, 1.807) is 0 Å². The van der Waals surface area contributed by atoms with Crippen LogP contribution in [0.4, 0.5) is 0 Å². The second-order valence-electron chi connectivity index (χ2n) is 6.94. The lowest BCUT2D eigenvalue weighted by molar-refractivity contribution is -0.163. The van der Waals surface area contributed by atoms with Crippen LogP contribution in [-0.2, 0) is 21.6 Å². The fourth-order valence-electron chi connectivity index (χ4n) is 3.79. The molecular weight excluding hydrogens is 322 g/mol. The molecule has 0 bridgehead atoms. The van der Waals surface area contributed by atoms with Crippen LogP contribution in [0.5, 0.6) is 0 Å². The summed E-state index contributed by atoms with van der Waals surface area (Å²) in [6.45, 7) is 1.72. The normalized spacial score (nSPS) is 16.3. The highest BCUT2D eigenvalue weighted by Crippen LogP contribution is 2.35. The molecule has 3 nitrogen and oxygen atoms in total. The third-order valence-corrected chi connectivity index (χ3v) is 5.18. The Kier molecular flexibility index (Phi) is 4.72. The van der Waals surface area contributed by atoms with E-state index in [0.29, 0.717) is 6.42 Å². The van der Waals surface area contributed by atoms with Crippen molar-refractivity contribution in [2.75, 3.05) is 13.1 Å². The Morgan fingerprint density at radius 1 is 0.885 bits per heavy atom. The van der Waals surface area contributed by atoms with Gasteiger partial charge in [-0.1, -0.05) is 72.8 Å². The van der Waals surface area contributed by atoms with Crippen molar-refractivity contribution >= 4 is 16.7 Å². The van der Waals surface area contributed by atoms with E-state index in [2.05, 4.69) is 41.7 Å². The third kappa shape index (κ3) is 3.49. The third-order valence-electron chi connectivity index (χ3n) is 5.18. The molecule has 132 valence electrons. The molecule has 0 amide bonds. The van der Waals surface area contributed by atoms with Gasteiger partial charge in [-0.2, -0.15) is 0 Å². The van der Waals surface area contributed by atoms with Crippen molar-refractivity contribution in [3.63, 3.8) is 0 Å². The Labute approximate surface area is 154 Å². The van der Waals surface area contributed by atoms with Crippen LogP contribution in [-0.4, -0.2) is 19.1 Å². The molecule has 0 saturated carbocycles. The highest BCUT2D eigenvalue weighted by atomic mass is 16.6. The van der Waals surface area contributed by atoms with Gasteiger partial charge in [-0.25, -0.2) is 0 Å². The molecule has 4 rings (SSSR count). The molecule has 0 unspecified atom stereocenters. The molecule has 1 aliphatic heterocycles. The van der Waals surface area contributed by atoms with Crippen molar-refractivity contribution in [2.24, 2.45) is 0 Å². The molecule has 1 fully saturated rings. The number of hydrogen-bond acceptors (Lipinski definition) is 3. The summed E-state index contributed by atoms with van der Waals surface area (Å²) in [6.07, 6.45) is 1.91. The molecule has 0 radical (unpaired) electrons. The number of nitrogens with one attached hydrogen (secondary N) is 1. The maximum Gasteiger partial charge on any atom is 0.311 e. The second kappa shape index (κ2) is 7.30. The van der Waals surface area contributed by atoms with Gasteiger partial charge < -0.3 is 10.1 Å². The summed E-state index contributed by atoms with van der Waals surface area (Å²) in [4.78, 5) is 12.8. The van der Waals surface area contributed by atoms with Crippen LogP contribution in [0.2, 0.25) is 0 Å². The lowest BCUT2D eigenvalue weighted by Crippen LogP contribution is -2.43. The van der Waals surface area contributed by atoms with E-state index in [0.717, 1.165) is 42.4 Å². The average Bonchev–Trinajstić information content (AvgIpc) is 2.69. The number of benzene rings is 3. The van der Waals surface area contributed by atoms with Gasteiger partial charge >= 0.3 is 5.97 Å². The molecule has 0 aromatic heterocycles. The number of hydrogen-bond donors (Lipinski definition) is 1. The largest absolute Gasteiger partial charge is 0.454 e. The van der Waals surface area contributed by atoms with Crippen molar-refractivity contribution in [1.29, 1.82) is 0 Å². The molecule has 3 heteroatoms. The summed E-state index contributed by atoms with van der Waals surface area (Å²) in [7, 11) is 0. The van der Waals surface area contributed by atoms with Crippen molar-refractivity contribution in [2.45, 2.75) is 24.9 Å². The van der Waals surface area contributed by atoms with Crippen LogP contribution in [0.3, 0.4) is 0 Å². The first-order chi connectivity index (χ1) is 12.8. The number of carbonyl (C=O) groups is 1. The monoisotopic (exact) mass is 345 g/mol. The number of piperidine rings is 1. The van der Waals surface area contributed by atoms with Crippen LogP contribution in [0.1, 0.15) is 24.0 Å². The summed E-state index contributed by atoms with van der Waals surface area (Å²) >= 11 is 0. The predicted octanol–water partition coefficient (Wildman–Crippen LogP) is 4.20. The standard InChI is InChI=1S/C23H23NO2/c25-22(17-18-10-11-19-6-4-5-7-20(19)16-18)26-23(12-14-24-15-13-23)21-8-2-1-3-9-21/h1-11,16,24H,12-15,17H2. The number of carbonyl (C=O) groups excluding carboxylic acids is 1. The van der Waals surface area contributed by atoms with Crippen LogP contribution in [0.25, 0.3) is 10.8 Å². The van der Waals surface area contributed by atoms with Gasteiger partial charge in [-0.05, 0) is 35.0 Å². The van der Waals surface area contributed by atoms with Crippen LogP contribution in [0.15, 0.2) is 72.8 Å². The number of esters is 1. The van der Waals surface area contributed by atoms with E-state index in [1.807, 2.05) is 36.4 Å². The summed E-state index contributed by atoms with van der Waals surface area (Å²) in [5.41, 5.74) is 1.57. The van der Waals surface area contributed by atoms with Gasteiger partial charge in [-0.15, -0.1) is 0 Å². The zero-order chi connectivity index (χ0) is 17.8. The van der Waals surface area contributed by atoms with Gasteiger partial charge in [0.2, 0.25) is 0 Å². The first-order valence-electron chi connectivity index (χ1n) is 9.21. The topological polar surface area (TPSA) is 38.3 Å². The van der Waals surface area contributed by atoms with Crippen molar-refractivity contribution in [3.05, 3.63) is 83.9 Å². The minimum absolute atomic E-state index is 0.161. The highest BCUT2D eigenvalue weighted by molar-refractivity contribution is 5.84. The predicted molar refractivity (Wildman–Crippen MR) is 104 cm³/mol. The van der Waals surface area contributed by atoms with Gasteiger partial charge in [0, 0.05) is 12.8 Å². The maximum absolute atomic E-state index is 12.8. The van der Waals surface area contributed by atoms with E-state index >= 15 is 0 Å². The zero-order valence-electron chi connectivity index (χ0n) is 14.8. The first kappa shape index (κ1) is 16.8. The average molecular weight is 345 g/mol. The fourth-order valence-corrected chi connectivity index (χ4v) is 3.79. The van der Waals surface area contributed by atoms with E-state index in [1.165, 1.54) is 5.39 Å². The quantitative estimate of drug-likeness (QED) is 0.720. The Hall–Kier alpha value is -2.65. The van der Waals surface area contributed by atoms with Crippen LogP contribution < -0.4 is 5.32 Å². The van der Waals surface area contributed by atoms with Gasteiger partial charge in [0.1, 0.15) is 5.60 Å². The van der Waals surface area contributed by atoms with Crippen molar-refractivity contribution in [1.82, 2.24) is 5.32 Å². The molecule has 3 aromatic carbocycles. The Morgan fingerprint density at radius 3 is 2.35 bits per heavy atom. The van der Waals surface area contributed by atoms with E-state index < -0.39 is 5.60 Å². The molecule has 1 aliphatic rings. The summed E-state index contributed by atoms with van der Waals surface area (Å²) in [5, 5.41) is 5.70. The Bertz CT molecular complexity index is 898.